The average Bonchev–Trinajstić information content (AvgIpc) is 2.40. The van der Waals surface area contributed by atoms with Crippen LogP contribution in [0.2, 0.25) is 0 Å². The van der Waals surface area contributed by atoms with Gasteiger partial charge in [-0.3, -0.25) is 4.79 Å². The Bertz CT molecular complexity index is 538. The first-order chi connectivity index (χ1) is 9.40. The number of nitrogen functional groups attached to an aromatic ring is 1. The Kier molecular flexibility index (Phi) is 5.90. The minimum absolute atomic E-state index is 0.0296. The molecule has 0 saturated carbocycles. The van der Waals surface area contributed by atoms with Crippen molar-refractivity contribution in [3.8, 4) is 0 Å². The maximum atomic E-state index is 11.9. The van der Waals surface area contributed by atoms with Gasteiger partial charge < -0.3 is 10.6 Å². The Hall–Kier alpha value is -1.67. The summed E-state index contributed by atoms with van der Waals surface area (Å²) in [6.07, 6.45) is 1.31. The predicted molar refractivity (Wildman–Crippen MR) is 76.4 cm³/mol. The number of rotatable bonds is 7. The highest BCUT2D eigenvalue weighted by Gasteiger charge is 2.15. The van der Waals surface area contributed by atoms with E-state index in [0.717, 1.165) is 0 Å². The van der Waals surface area contributed by atoms with Crippen LogP contribution in [0.5, 0.6) is 0 Å². The second-order valence-electron chi connectivity index (χ2n) is 4.13. The summed E-state index contributed by atoms with van der Waals surface area (Å²) in [4.78, 5) is 17.1. The Balaban J connectivity index is 2.56. The third-order valence-corrected chi connectivity index (χ3v) is 4.26. The number of nitrogens with zero attached hydrogens (tertiary/aromatic N) is 2. The first-order valence-corrected chi connectivity index (χ1v) is 7.88. The summed E-state index contributed by atoms with van der Waals surface area (Å²) in [6.45, 7) is 5.05. The smallest absolute Gasteiger partial charge is 0.242 e. The van der Waals surface area contributed by atoms with E-state index in [-0.39, 0.29) is 29.6 Å². The summed E-state index contributed by atoms with van der Waals surface area (Å²) in [5.74, 6) is 0.175. The van der Waals surface area contributed by atoms with Gasteiger partial charge in [0.2, 0.25) is 15.9 Å². The minimum Gasteiger partial charge on any atom is -0.384 e. The molecule has 1 rings (SSSR count). The molecule has 3 N–H and O–H groups in total. The first kappa shape index (κ1) is 16.4. The number of hydrogen-bond acceptors (Lipinski definition) is 5. The van der Waals surface area contributed by atoms with Gasteiger partial charge in [-0.2, -0.15) is 0 Å². The Labute approximate surface area is 119 Å². The van der Waals surface area contributed by atoms with E-state index >= 15 is 0 Å². The van der Waals surface area contributed by atoms with E-state index in [1.54, 1.807) is 4.90 Å². The fourth-order valence-corrected chi connectivity index (χ4v) is 2.64. The van der Waals surface area contributed by atoms with Crippen molar-refractivity contribution in [3.63, 3.8) is 0 Å². The molecular weight excluding hydrogens is 280 g/mol. The molecule has 8 heteroatoms. The van der Waals surface area contributed by atoms with Crippen molar-refractivity contribution in [1.82, 2.24) is 14.6 Å². The number of sulfonamides is 1. The third kappa shape index (κ3) is 4.46. The van der Waals surface area contributed by atoms with Crippen LogP contribution in [0.3, 0.4) is 0 Å². The molecule has 0 fully saturated rings. The molecule has 1 amide bonds. The molecule has 1 aromatic heterocycles. The molecule has 0 saturated heterocycles. The van der Waals surface area contributed by atoms with Crippen molar-refractivity contribution >= 4 is 21.7 Å². The quantitative estimate of drug-likeness (QED) is 0.748. The number of anilines is 1. The molecule has 0 bridgehead atoms. The summed E-state index contributed by atoms with van der Waals surface area (Å²) >= 11 is 0. The van der Waals surface area contributed by atoms with E-state index in [0.29, 0.717) is 13.1 Å². The number of carbonyl (C=O) groups is 1. The molecule has 1 aromatic rings. The Morgan fingerprint density at radius 1 is 1.35 bits per heavy atom. The van der Waals surface area contributed by atoms with Gasteiger partial charge in [-0.15, -0.1) is 0 Å². The van der Waals surface area contributed by atoms with Gasteiger partial charge >= 0.3 is 0 Å². The number of hydrogen-bond donors (Lipinski definition) is 2. The topological polar surface area (TPSA) is 105 Å². The minimum atomic E-state index is -3.65. The predicted octanol–water partition coefficient (Wildman–Crippen LogP) is 0.201. The van der Waals surface area contributed by atoms with Crippen LogP contribution in [-0.2, 0) is 14.8 Å². The van der Waals surface area contributed by atoms with Crippen LogP contribution in [0.25, 0.3) is 0 Å². The Morgan fingerprint density at radius 2 is 2.00 bits per heavy atom. The van der Waals surface area contributed by atoms with E-state index in [9.17, 15) is 13.2 Å². The molecule has 0 unspecified atom stereocenters. The van der Waals surface area contributed by atoms with E-state index in [1.807, 2.05) is 13.8 Å². The van der Waals surface area contributed by atoms with Gasteiger partial charge in [-0.1, -0.05) is 0 Å². The number of nitrogens with one attached hydrogen (secondary N) is 1. The van der Waals surface area contributed by atoms with Crippen molar-refractivity contribution in [3.05, 3.63) is 18.3 Å². The van der Waals surface area contributed by atoms with Crippen LogP contribution in [0.1, 0.15) is 20.3 Å². The van der Waals surface area contributed by atoms with E-state index in [4.69, 9.17) is 5.73 Å². The molecule has 7 nitrogen and oxygen atoms in total. The number of nitrogens with two attached hydrogens (primary N) is 1. The molecule has 0 aliphatic rings. The largest absolute Gasteiger partial charge is 0.384 e. The molecule has 0 aromatic carbocycles. The zero-order valence-corrected chi connectivity index (χ0v) is 12.5. The van der Waals surface area contributed by atoms with Crippen LogP contribution >= 0.6 is 0 Å². The molecule has 0 atom stereocenters. The van der Waals surface area contributed by atoms with Crippen LogP contribution in [0.15, 0.2) is 23.2 Å². The number of carbonyl (C=O) groups excluding carboxylic acids is 1. The van der Waals surface area contributed by atoms with Crippen LogP contribution in [0.4, 0.5) is 5.82 Å². The molecule has 112 valence electrons. The lowest BCUT2D eigenvalue weighted by Crippen LogP contribution is -2.34. The van der Waals surface area contributed by atoms with Crippen LogP contribution in [0, 0.1) is 0 Å². The molecular formula is C12H20N4O3S. The number of pyridine rings is 1. The second-order valence-corrected chi connectivity index (χ2v) is 5.90. The van der Waals surface area contributed by atoms with Gasteiger partial charge in [-0.25, -0.2) is 18.1 Å². The average molecular weight is 300 g/mol. The lowest BCUT2D eigenvalue weighted by Gasteiger charge is -2.18. The first-order valence-electron chi connectivity index (χ1n) is 6.39. The molecule has 1 heterocycles. The summed E-state index contributed by atoms with van der Waals surface area (Å²) in [6, 6.07) is 2.78. The number of amides is 1. The van der Waals surface area contributed by atoms with Crippen molar-refractivity contribution < 1.29 is 13.2 Å². The van der Waals surface area contributed by atoms with E-state index < -0.39 is 10.0 Å². The molecule has 0 radical (unpaired) electrons. The summed E-state index contributed by atoms with van der Waals surface area (Å²) in [5.41, 5.74) is 5.40. The van der Waals surface area contributed by atoms with Gasteiger partial charge in [0.25, 0.3) is 0 Å². The second kappa shape index (κ2) is 7.20. The molecule has 20 heavy (non-hydrogen) atoms. The SMILES string of the molecule is CCN(CC)C(=O)CCNS(=O)(=O)c1ccc(N)nc1. The maximum absolute atomic E-state index is 11.9. The van der Waals surface area contributed by atoms with Crippen molar-refractivity contribution in [2.75, 3.05) is 25.4 Å². The van der Waals surface area contributed by atoms with Crippen molar-refractivity contribution in [2.24, 2.45) is 0 Å². The van der Waals surface area contributed by atoms with Gasteiger partial charge in [0.15, 0.2) is 0 Å². The highest BCUT2D eigenvalue weighted by atomic mass is 32.2. The molecule has 0 aliphatic carbocycles. The fourth-order valence-electron chi connectivity index (χ4n) is 1.66. The lowest BCUT2D eigenvalue weighted by molar-refractivity contribution is -0.130. The molecule has 0 aliphatic heterocycles. The molecule has 0 spiro atoms. The zero-order chi connectivity index (χ0) is 15.2. The number of aromatic nitrogens is 1. The van der Waals surface area contributed by atoms with Crippen molar-refractivity contribution in [2.45, 2.75) is 25.2 Å². The Morgan fingerprint density at radius 3 is 2.50 bits per heavy atom. The van der Waals surface area contributed by atoms with Gasteiger partial charge in [0.1, 0.15) is 10.7 Å². The van der Waals surface area contributed by atoms with E-state index in [1.165, 1.54) is 18.3 Å². The summed E-state index contributed by atoms with van der Waals surface area (Å²) in [5, 5.41) is 0. The third-order valence-electron chi connectivity index (χ3n) is 2.82. The van der Waals surface area contributed by atoms with Gasteiger partial charge in [0.05, 0.1) is 0 Å². The zero-order valence-electron chi connectivity index (χ0n) is 11.7. The highest BCUT2D eigenvalue weighted by Crippen LogP contribution is 2.08. The van der Waals surface area contributed by atoms with Crippen LogP contribution in [-0.4, -0.2) is 43.8 Å². The van der Waals surface area contributed by atoms with Crippen LogP contribution < -0.4 is 10.5 Å². The van der Waals surface area contributed by atoms with Gasteiger partial charge in [0, 0.05) is 32.3 Å². The monoisotopic (exact) mass is 300 g/mol. The van der Waals surface area contributed by atoms with Crippen molar-refractivity contribution in [1.29, 1.82) is 0 Å². The lowest BCUT2D eigenvalue weighted by atomic mass is 10.3. The standard InChI is InChI=1S/C12H20N4O3S/c1-3-16(4-2)12(17)7-8-15-20(18,19)10-5-6-11(13)14-9-10/h5-6,9,15H,3-4,7-8H2,1-2H3,(H2,13,14). The maximum Gasteiger partial charge on any atom is 0.242 e. The normalized spacial score (nSPS) is 11.3. The van der Waals surface area contributed by atoms with E-state index in [2.05, 4.69) is 9.71 Å². The van der Waals surface area contributed by atoms with Gasteiger partial charge in [-0.05, 0) is 26.0 Å². The fraction of sp³-hybridized carbons (Fsp3) is 0.500. The highest BCUT2D eigenvalue weighted by molar-refractivity contribution is 7.89. The summed E-state index contributed by atoms with van der Waals surface area (Å²) < 4.78 is 26.2. The summed E-state index contributed by atoms with van der Waals surface area (Å²) in [7, 11) is -3.65.